The van der Waals surface area contributed by atoms with Crippen LogP contribution in [0.2, 0.25) is 0 Å². The third kappa shape index (κ3) is 4.34. The summed E-state index contributed by atoms with van der Waals surface area (Å²) >= 11 is 0. The molecule has 0 aliphatic carbocycles. The molecule has 0 aliphatic heterocycles. The van der Waals surface area contributed by atoms with Gasteiger partial charge in [-0.1, -0.05) is 0 Å². The van der Waals surface area contributed by atoms with Crippen LogP contribution in [-0.4, -0.2) is 42.5 Å². The highest BCUT2D eigenvalue weighted by Crippen LogP contribution is 2.17. The van der Waals surface area contributed by atoms with Gasteiger partial charge in [-0.15, -0.1) is 0 Å². The number of rotatable bonds is 8. The summed E-state index contributed by atoms with van der Waals surface area (Å²) in [5, 5.41) is 22.4. The molecule has 3 rings (SSSR count). The number of aliphatic carboxylic acids is 1. The summed E-state index contributed by atoms with van der Waals surface area (Å²) in [5.74, 6) is -1.44. The van der Waals surface area contributed by atoms with Crippen LogP contribution in [0.4, 0.5) is 5.69 Å². The van der Waals surface area contributed by atoms with Gasteiger partial charge in [0.25, 0.3) is 11.8 Å². The van der Waals surface area contributed by atoms with E-state index in [1.54, 1.807) is 12.1 Å². The maximum atomic E-state index is 12.6. The summed E-state index contributed by atoms with van der Waals surface area (Å²) in [6.07, 6.45) is 5.48. The largest absolute Gasteiger partial charge is 0.480 e. The molecule has 1 unspecified atom stereocenters. The molecular weight excluding hydrogens is 380 g/mol. The Hall–Kier alpha value is -3.89. The Morgan fingerprint density at radius 1 is 1.24 bits per heavy atom. The number of nitrogens with zero attached hydrogens (tertiary/aromatic N) is 4. The summed E-state index contributed by atoms with van der Waals surface area (Å²) in [6.45, 7) is 3.88. The van der Waals surface area contributed by atoms with Crippen molar-refractivity contribution in [1.82, 2.24) is 24.9 Å². The summed E-state index contributed by atoms with van der Waals surface area (Å²) < 4.78 is 7.82. The maximum absolute atomic E-state index is 12.6. The van der Waals surface area contributed by atoms with Gasteiger partial charge in [-0.2, -0.15) is 10.2 Å². The number of amides is 2. The molecule has 0 bridgehead atoms. The van der Waals surface area contributed by atoms with Crippen molar-refractivity contribution in [3.8, 4) is 0 Å². The third-order valence-electron chi connectivity index (χ3n) is 4.22. The molecule has 0 saturated carbocycles. The van der Waals surface area contributed by atoms with Crippen molar-refractivity contribution in [3.05, 3.63) is 54.0 Å². The number of carbonyl (C=O) groups is 3. The van der Waals surface area contributed by atoms with Crippen LogP contribution in [0.3, 0.4) is 0 Å². The first-order valence-electron chi connectivity index (χ1n) is 8.85. The third-order valence-corrected chi connectivity index (χ3v) is 4.22. The van der Waals surface area contributed by atoms with E-state index in [-0.39, 0.29) is 23.5 Å². The molecule has 2 amide bonds. The van der Waals surface area contributed by atoms with E-state index in [4.69, 9.17) is 9.52 Å². The Bertz CT molecular complexity index is 1020. The number of anilines is 1. The standard InChI is InChI=1S/C18H20N6O5/c1-3-23-15(17(26)19-8-13-5-4-6-29-13)14(9-21-23)22-16(25)12-7-20-24(10-12)11(2)18(27)28/h4-7,9-11H,3,8H2,1-2H3,(H,19,26)(H,22,25)(H,27,28). The van der Waals surface area contributed by atoms with Gasteiger partial charge in [0.15, 0.2) is 0 Å². The number of carbonyl (C=O) groups excluding carboxylic acids is 2. The molecule has 3 aromatic heterocycles. The van der Waals surface area contributed by atoms with Crippen LogP contribution in [0.15, 0.2) is 41.4 Å². The second kappa shape index (κ2) is 8.42. The highest BCUT2D eigenvalue weighted by Gasteiger charge is 2.22. The summed E-state index contributed by atoms with van der Waals surface area (Å²) in [4.78, 5) is 36.2. The average Bonchev–Trinajstić information content (AvgIpc) is 3.45. The smallest absolute Gasteiger partial charge is 0.328 e. The Morgan fingerprint density at radius 2 is 2.03 bits per heavy atom. The van der Waals surface area contributed by atoms with E-state index >= 15 is 0 Å². The predicted molar refractivity (Wildman–Crippen MR) is 100 cm³/mol. The van der Waals surface area contributed by atoms with E-state index < -0.39 is 23.8 Å². The highest BCUT2D eigenvalue weighted by atomic mass is 16.4. The number of hydrogen-bond acceptors (Lipinski definition) is 6. The molecular formula is C18H20N6O5. The summed E-state index contributed by atoms with van der Waals surface area (Å²) in [5.41, 5.74) is 0.579. The second-order valence-corrected chi connectivity index (χ2v) is 6.16. The van der Waals surface area contributed by atoms with E-state index in [2.05, 4.69) is 20.8 Å². The first kappa shape index (κ1) is 19.9. The van der Waals surface area contributed by atoms with Gasteiger partial charge in [-0.3, -0.25) is 19.0 Å². The SMILES string of the molecule is CCn1ncc(NC(=O)c2cnn(C(C)C(=O)O)c2)c1C(=O)NCc1ccco1. The molecule has 0 saturated heterocycles. The van der Waals surface area contributed by atoms with Crippen LogP contribution in [0, 0.1) is 0 Å². The van der Waals surface area contributed by atoms with Crippen LogP contribution in [0.1, 0.15) is 46.5 Å². The molecule has 0 aromatic carbocycles. The van der Waals surface area contributed by atoms with E-state index in [0.717, 1.165) is 0 Å². The van der Waals surface area contributed by atoms with Crippen LogP contribution < -0.4 is 10.6 Å². The van der Waals surface area contributed by atoms with Gasteiger partial charge < -0.3 is 20.2 Å². The minimum absolute atomic E-state index is 0.157. The highest BCUT2D eigenvalue weighted by molar-refractivity contribution is 6.08. The fourth-order valence-electron chi connectivity index (χ4n) is 2.60. The molecule has 0 fully saturated rings. The number of aromatic nitrogens is 4. The fourth-order valence-corrected chi connectivity index (χ4v) is 2.60. The van der Waals surface area contributed by atoms with Gasteiger partial charge in [0.2, 0.25) is 0 Å². The molecule has 0 spiro atoms. The molecule has 1 atom stereocenters. The van der Waals surface area contributed by atoms with E-state index in [9.17, 15) is 14.4 Å². The van der Waals surface area contributed by atoms with E-state index in [0.29, 0.717) is 12.3 Å². The first-order chi connectivity index (χ1) is 13.9. The summed E-state index contributed by atoms with van der Waals surface area (Å²) in [7, 11) is 0. The molecule has 0 aliphatic rings. The van der Waals surface area contributed by atoms with Crippen LogP contribution in [0.5, 0.6) is 0 Å². The Kier molecular flexibility index (Phi) is 5.77. The second-order valence-electron chi connectivity index (χ2n) is 6.16. The Labute approximate surface area is 165 Å². The fraction of sp³-hybridized carbons (Fsp3) is 0.278. The minimum Gasteiger partial charge on any atom is -0.480 e. The molecule has 152 valence electrons. The first-order valence-corrected chi connectivity index (χ1v) is 8.85. The molecule has 3 N–H and O–H groups in total. The lowest BCUT2D eigenvalue weighted by molar-refractivity contribution is -0.140. The van der Waals surface area contributed by atoms with Crippen molar-refractivity contribution >= 4 is 23.5 Å². The topological polar surface area (TPSA) is 144 Å². The zero-order valence-corrected chi connectivity index (χ0v) is 15.8. The molecule has 3 aromatic rings. The number of carboxylic acid groups (broad SMARTS) is 1. The van der Waals surface area contributed by atoms with Crippen molar-refractivity contribution < 1.29 is 23.9 Å². The van der Waals surface area contributed by atoms with Crippen molar-refractivity contribution in [2.75, 3.05) is 5.32 Å². The van der Waals surface area contributed by atoms with Gasteiger partial charge in [0.1, 0.15) is 17.5 Å². The number of aryl methyl sites for hydroxylation is 1. The van der Waals surface area contributed by atoms with Crippen molar-refractivity contribution in [2.24, 2.45) is 0 Å². The predicted octanol–water partition coefficient (Wildman–Crippen LogP) is 1.52. The summed E-state index contributed by atoms with van der Waals surface area (Å²) in [6, 6.07) is 2.53. The molecule has 11 heteroatoms. The van der Waals surface area contributed by atoms with Gasteiger partial charge in [-0.25, -0.2) is 4.79 Å². The normalized spacial score (nSPS) is 11.8. The number of nitrogens with one attached hydrogen (secondary N) is 2. The lowest BCUT2D eigenvalue weighted by Gasteiger charge is -2.09. The number of carboxylic acids is 1. The Morgan fingerprint density at radius 3 is 2.69 bits per heavy atom. The minimum atomic E-state index is -1.07. The number of hydrogen-bond donors (Lipinski definition) is 3. The molecule has 11 nitrogen and oxygen atoms in total. The number of furan rings is 1. The molecule has 0 radical (unpaired) electrons. The lowest BCUT2D eigenvalue weighted by atomic mass is 10.2. The van der Waals surface area contributed by atoms with Crippen molar-refractivity contribution in [2.45, 2.75) is 33.0 Å². The molecule has 3 heterocycles. The van der Waals surface area contributed by atoms with Crippen LogP contribution >= 0.6 is 0 Å². The van der Waals surface area contributed by atoms with Gasteiger partial charge >= 0.3 is 5.97 Å². The van der Waals surface area contributed by atoms with Crippen molar-refractivity contribution in [1.29, 1.82) is 0 Å². The lowest BCUT2D eigenvalue weighted by Crippen LogP contribution is -2.27. The van der Waals surface area contributed by atoms with Gasteiger partial charge in [0.05, 0.1) is 36.5 Å². The zero-order valence-electron chi connectivity index (χ0n) is 15.8. The maximum Gasteiger partial charge on any atom is 0.328 e. The van der Waals surface area contributed by atoms with Gasteiger partial charge in [0, 0.05) is 12.7 Å². The quantitative estimate of drug-likeness (QED) is 0.520. The zero-order chi connectivity index (χ0) is 21.0. The van der Waals surface area contributed by atoms with Crippen LogP contribution in [0.25, 0.3) is 0 Å². The van der Waals surface area contributed by atoms with E-state index in [1.165, 1.54) is 41.1 Å². The molecule has 29 heavy (non-hydrogen) atoms. The Balaban J connectivity index is 1.75. The van der Waals surface area contributed by atoms with Crippen molar-refractivity contribution in [3.63, 3.8) is 0 Å². The van der Waals surface area contributed by atoms with Crippen LogP contribution in [-0.2, 0) is 17.9 Å². The van der Waals surface area contributed by atoms with Gasteiger partial charge in [-0.05, 0) is 26.0 Å². The monoisotopic (exact) mass is 400 g/mol. The average molecular weight is 400 g/mol. The van der Waals surface area contributed by atoms with E-state index in [1.807, 2.05) is 6.92 Å².